The third-order valence-electron chi connectivity index (χ3n) is 0.589. The molecule has 0 aliphatic rings. The Labute approximate surface area is 62.1 Å². The summed E-state index contributed by atoms with van der Waals surface area (Å²) in [6.45, 7) is 8.48. The van der Waals surface area contributed by atoms with Crippen molar-refractivity contribution in [2.24, 2.45) is 0 Å². The van der Waals surface area contributed by atoms with Crippen molar-refractivity contribution in [2.75, 3.05) is 0 Å². The number of hydrogen-bond acceptors (Lipinski definition) is 3. The Morgan fingerprint density at radius 3 is 1.44 bits per heavy atom. The first-order chi connectivity index (χ1) is 4.13. The predicted molar refractivity (Wildman–Crippen MR) is 44.1 cm³/mol. The van der Waals surface area contributed by atoms with Gasteiger partial charge in [-0.25, -0.2) is 9.44 Å². The Hall–Kier alpha value is 0.270. The molecule has 0 aromatic heterocycles. The fourth-order valence-corrected chi connectivity index (χ4v) is 0.809. The first-order valence-corrected chi connectivity index (χ1v) is 4.11. The first-order valence-electron chi connectivity index (χ1n) is 3.29. The second kappa shape index (κ2) is 5.09. The lowest BCUT2D eigenvalue weighted by Gasteiger charge is -2.09. The lowest BCUT2D eigenvalue weighted by Crippen LogP contribution is -2.24. The van der Waals surface area contributed by atoms with E-state index in [9.17, 15) is 0 Å². The van der Waals surface area contributed by atoms with E-state index < -0.39 is 0 Å². The maximum Gasteiger partial charge on any atom is 0.0127 e. The van der Waals surface area contributed by atoms with Gasteiger partial charge in [0.25, 0.3) is 0 Å². The van der Waals surface area contributed by atoms with E-state index in [0.717, 1.165) is 0 Å². The zero-order valence-electron chi connectivity index (χ0n) is 6.56. The highest BCUT2D eigenvalue weighted by atomic mass is 32.2. The number of hydrogen-bond donors (Lipinski definition) is 2. The Balaban J connectivity index is 2.91. The smallest absolute Gasteiger partial charge is 0.0127 e. The molecule has 0 unspecified atom stereocenters. The summed E-state index contributed by atoms with van der Waals surface area (Å²) in [5.74, 6) is 0. The minimum absolute atomic E-state index is 0.543. The van der Waals surface area contributed by atoms with Crippen LogP contribution in [0.1, 0.15) is 27.7 Å². The first kappa shape index (κ1) is 9.27. The molecular weight excluding hydrogens is 132 g/mol. The molecule has 56 valence electrons. The number of nitrogens with one attached hydrogen (secondary N) is 2. The highest BCUT2D eigenvalue weighted by molar-refractivity contribution is 7.95. The third kappa shape index (κ3) is 8.27. The molecule has 0 fully saturated rings. The molecule has 0 aromatic rings. The quantitative estimate of drug-likeness (QED) is 0.591. The predicted octanol–water partition coefficient (Wildman–Crippen LogP) is 1.55. The number of rotatable bonds is 4. The van der Waals surface area contributed by atoms with Gasteiger partial charge in [-0.3, -0.25) is 0 Å². The summed E-state index contributed by atoms with van der Waals surface area (Å²) in [5.41, 5.74) is 0. The molecule has 0 rings (SSSR count). The topological polar surface area (TPSA) is 24.1 Å². The summed E-state index contributed by atoms with van der Waals surface area (Å²) in [5, 5.41) is 0. The molecule has 0 amide bonds. The summed E-state index contributed by atoms with van der Waals surface area (Å²) < 4.78 is 6.36. The summed E-state index contributed by atoms with van der Waals surface area (Å²) in [6, 6.07) is 1.09. The lowest BCUT2D eigenvalue weighted by molar-refractivity contribution is 0.733. The molecule has 0 radical (unpaired) electrons. The molecule has 0 aromatic carbocycles. The van der Waals surface area contributed by atoms with E-state index in [1.54, 1.807) is 12.1 Å². The van der Waals surface area contributed by atoms with Gasteiger partial charge in [-0.15, -0.1) is 0 Å². The Morgan fingerprint density at radius 1 is 0.889 bits per heavy atom. The molecule has 0 aliphatic carbocycles. The molecular formula is C6H16N2S. The van der Waals surface area contributed by atoms with Crippen LogP contribution in [0.3, 0.4) is 0 Å². The molecule has 0 saturated heterocycles. The molecule has 9 heavy (non-hydrogen) atoms. The second-order valence-electron chi connectivity index (χ2n) is 2.65. The average Bonchev–Trinajstić information content (AvgIpc) is 1.63. The Morgan fingerprint density at radius 2 is 1.22 bits per heavy atom. The van der Waals surface area contributed by atoms with E-state index in [2.05, 4.69) is 37.1 Å². The minimum atomic E-state index is 0.543. The largest absolute Gasteiger partial charge is 0.248 e. The van der Waals surface area contributed by atoms with Gasteiger partial charge in [-0.05, 0) is 27.7 Å². The van der Waals surface area contributed by atoms with Gasteiger partial charge in [0.1, 0.15) is 0 Å². The molecule has 0 saturated carbocycles. The molecule has 3 heteroatoms. The van der Waals surface area contributed by atoms with Crippen LogP contribution in [0.15, 0.2) is 0 Å². The Bertz CT molecular complexity index is 56.1. The van der Waals surface area contributed by atoms with Gasteiger partial charge in [0.05, 0.1) is 0 Å². The van der Waals surface area contributed by atoms with E-state index >= 15 is 0 Å². The van der Waals surface area contributed by atoms with E-state index in [4.69, 9.17) is 0 Å². The van der Waals surface area contributed by atoms with Crippen LogP contribution in [0.2, 0.25) is 0 Å². The minimum Gasteiger partial charge on any atom is -0.248 e. The van der Waals surface area contributed by atoms with Crippen molar-refractivity contribution in [3.63, 3.8) is 0 Å². The van der Waals surface area contributed by atoms with Crippen LogP contribution >= 0.6 is 12.1 Å². The van der Waals surface area contributed by atoms with Crippen molar-refractivity contribution >= 4 is 12.1 Å². The van der Waals surface area contributed by atoms with Crippen LogP contribution in [0.4, 0.5) is 0 Å². The fourth-order valence-electron chi connectivity index (χ4n) is 0.270. The van der Waals surface area contributed by atoms with Crippen molar-refractivity contribution in [1.82, 2.24) is 9.44 Å². The highest BCUT2D eigenvalue weighted by Crippen LogP contribution is 1.91. The summed E-state index contributed by atoms with van der Waals surface area (Å²) in [7, 11) is 0. The SMILES string of the molecule is CC(C)NSNC(C)C. The van der Waals surface area contributed by atoms with Crippen LogP contribution in [-0.4, -0.2) is 12.1 Å². The van der Waals surface area contributed by atoms with Crippen LogP contribution in [0.25, 0.3) is 0 Å². The van der Waals surface area contributed by atoms with Crippen LogP contribution in [0, 0.1) is 0 Å². The van der Waals surface area contributed by atoms with E-state index in [0.29, 0.717) is 12.1 Å². The Kier molecular flexibility index (Phi) is 5.24. The standard InChI is InChI=1S/C6H16N2S/c1-5(2)7-9-8-6(3)4/h5-8H,1-4H3. The van der Waals surface area contributed by atoms with Crippen LogP contribution in [0.5, 0.6) is 0 Å². The van der Waals surface area contributed by atoms with Gasteiger partial charge < -0.3 is 0 Å². The molecule has 2 N–H and O–H groups in total. The monoisotopic (exact) mass is 148 g/mol. The van der Waals surface area contributed by atoms with Crippen molar-refractivity contribution in [1.29, 1.82) is 0 Å². The maximum atomic E-state index is 3.18. The van der Waals surface area contributed by atoms with Crippen molar-refractivity contribution in [2.45, 2.75) is 39.8 Å². The molecule has 0 heterocycles. The van der Waals surface area contributed by atoms with Gasteiger partial charge in [-0.2, -0.15) is 0 Å². The van der Waals surface area contributed by atoms with E-state index in [1.807, 2.05) is 0 Å². The van der Waals surface area contributed by atoms with Gasteiger partial charge >= 0.3 is 0 Å². The summed E-state index contributed by atoms with van der Waals surface area (Å²) >= 11 is 1.57. The summed E-state index contributed by atoms with van der Waals surface area (Å²) in [6.07, 6.45) is 0. The van der Waals surface area contributed by atoms with Crippen molar-refractivity contribution < 1.29 is 0 Å². The van der Waals surface area contributed by atoms with E-state index in [-0.39, 0.29) is 0 Å². The molecule has 0 spiro atoms. The zero-order valence-corrected chi connectivity index (χ0v) is 7.38. The van der Waals surface area contributed by atoms with Crippen LogP contribution < -0.4 is 9.44 Å². The highest BCUT2D eigenvalue weighted by Gasteiger charge is 1.92. The fraction of sp³-hybridized carbons (Fsp3) is 1.00. The normalized spacial score (nSPS) is 11.3. The molecule has 0 aliphatic heterocycles. The zero-order chi connectivity index (χ0) is 7.28. The van der Waals surface area contributed by atoms with Crippen LogP contribution in [-0.2, 0) is 0 Å². The molecule has 2 nitrogen and oxygen atoms in total. The molecule has 0 bridgehead atoms. The lowest BCUT2D eigenvalue weighted by atomic mass is 10.4. The van der Waals surface area contributed by atoms with E-state index in [1.165, 1.54) is 0 Å². The third-order valence-corrected chi connectivity index (χ3v) is 1.77. The van der Waals surface area contributed by atoms with Crippen molar-refractivity contribution in [3.8, 4) is 0 Å². The second-order valence-corrected chi connectivity index (χ2v) is 3.32. The van der Waals surface area contributed by atoms with Crippen molar-refractivity contribution in [3.05, 3.63) is 0 Å². The van der Waals surface area contributed by atoms with Gasteiger partial charge in [-0.1, -0.05) is 0 Å². The van der Waals surface area contributed by atoms with Gasteiger partial charge in [0.2, 0.25) is 0 Å². The van der Waals surface area contributed by atoms with Gasteiger partial charge in [0, 0.05) is 24.2 Å². The van der Waals surface area contributed by atoms with Gasteiger partial charge in [0.15, 0.2) is 0 Å². The summed E-state index contributed by atoms with van der Waals surface area (Å²) in [4.78, 5) is 0. The maximum absolute atomic E-state index is 3.18. The molecule has 0 atom stereocenters. The average molecular weight is 148 g/mol.